The smallest absolute Gasteiger partial charge is 0.220 e. The fraction of sp³-hybridized carbons (Fsp3) is 0.619. The van der Waals surface area contributed by atoms with Crippen molar-refractivity contribution in [1.82, 2.24) is 15.1 Å². The highest BCUT2D eigenvalue weighted by atomic mass is 16.1. The molecule has 1 heterocycles. The first kappa shape index (κ1) is 20.4. The molecule has 0 bridgehead atoms. The molecule has 0 aromatic heterocycles. The molecule has 1 atom stereocenters. The largest absolute Gasteiger partial charge is 0.356 e. The Hall–Kier alpha value is -1.90. The number of hydrogen-bond acceptors (Lipinski definition) is 4. The van der Waals surface area contributed by atoms with Crippen LogP contribution in [0.1, 0.15) is 43.2 Å². The molecule has 1 aliphatic rings. The predicted molar refractivity (Wildman–Crippen MR) is 105 cm³/mol. The van der Waals surface area contributed by atoms with E-state index in [1.54, 1.807) is 0 Å². The molecule has 1 aliphatic heterocycles. The van der Waals surface area contributed by atoms with Gasteiger partial charge in [0.1, 0.15) is 0 Å². The van der Waals surface area contributed by atoms with Crippen molar-refractivity contribution in [2.75, 3.05) is 40.3 Å². The fourth-order valence-electron chi connectivity index (χ4n) is 3.60. The van der Waals surface area contributed by atoms with Gasteiger partial charge in [-0.15, -0.1) is 0 Å². The number of carbonyl (C=O) groups excluding carboxylic acids is 1. The zero-order chi connectivity index (χ0) is 18.8. The Morgan fingerprint density at radius 1 is 1.38 bits per heavy atom. The summed E-state index contributed by atoms with van der Waals surface area (Å²) < 4.78 is 0. The monoisotopic (exact) mass is 356 g/mol. The van der Waals surface area contributed by atoms with Gasteiger partial charge in [0.15, 0.2) is 0 Å². The number of nitriles is 1. The molecule has 2 rings (SSSR count). The Morgan fingerprint density at radius 3 is 2.96 bits per heavy atom. The van der Waals surface area contributed by atoms with Crippen LogP contribution in [0.15, 0.2) is 24.3 Å². The van der Waals surface area contributed by atoms with Gasteiger partial charge >= 0.3 is 0 Å². The van der Waals surface area contributed by atoms with Crippen molar-refractivity contribution < 1.29 is 4.79 Å². The molecule has 0 saturated carbocycles. The molecule has 1 aromatic carbocycles. The third-order valence-electron chi connectivity index (χ3n) is 5.02. The third kappa shape index (κ3) is 7.15. The van der Waals surface area contributed by atoms with Crippen molar-refractivity contribution >= 4 is 5.91 Å². The van der Waals surface area contributed by atoms with Crippen LogP contribution in [0.2, 0.25) is 0 Å². The van der Waals surface area contributed by atoms with Gasteiger partial charge in [-0.1, -0.05) is 18.2 Å². The van der Waals surface area contributed by atoms with Crippen molar-refractivity contribution in [2.45, 2.75) is 38.6 Å². The lowest BCUT2D eigenvalue weighted by Gasteiger charge is -2.33. The van der Waals surface area contributed by atoms with Crippen LogP contribution >= 0.6 is 0 Å². The maximum atomic E-state index is 11.9. The molecule has 1 saturated heterocycles. The minimum Gasteiger partial charge on any atom is -0.356 e. The fourth-order valence-corrected chi connectivity index (χ4v) is 3.60. The second-order valence-corrected chi connectivity index (χ2v) is 7.56. The minimum absolute atomic E-state index is 0.169. The maximum Gasteiger partial charge on any atom is 0.220 e. The number of nitrogens with zero attached hydrogens (tertiary/aromatic N) is 3. The lowest BCUT2D eigenvalue weighted by Crippen LogP contribution is -2.36. The molecule has 0 radical (unpaired) electrons. The molecule has 26 heavy (non-hydrogen) atoms. The first-order chi connectivity index (χ1) is 12.6. The lowest BCUT2D eigenvalue weighted by molar-refractivity contribution is -0.121. The summed E-state index contributed by atoms with van der Waals surface area (Å²) in [5, 5.41) is 12.3. The van der Waals surface area contributed by atoms with Gasteiger partial charge < -0.3 is 10.2 Å². The number of likely N-dealkylation sites (tertiary alicyclic amines) is 1. The second kappa shape index (κ2) is 10.9. The zero-order valence-corrected chi connectivity index (χ0v) is 16.2. The van der Waals surface area contributed by atoms with E-state index in [1.165, 1.54) is 12.8 Å². The summed E-state index contributed by atoms with van der Waals surface area (Å²) in [6.07, 6.45) is 4.98. The van der Waals surface area contributed by atoms with E-state index in [-0.39, 0.29) is 5.91 Å². The third-order valence-corrected chi connectivity index (χ3v) is 5.02. The Balaban J connectivity index is 1.70. The highest BCUT2D eigenvalue weighted by Crippen LogP contribution is 2.21. The van der Waals surface area contributed by atoms with Crippen LogP contribution in [0.25, 0.3) is 0 Å². The predicted octanol–water partition coefficient (Wildman–Crippen LogP) is 2.62. The van der Waals surface area contributed by atoms with Crippen LogP contribution in [0.5, 0.6) is 0 Å². The van der Waals surface area contributed by atoms with Crippen molar-refractivity contribution in [3.8, 4) is 6.07 Å². The minimum atomic E-state index is 0.169. The summed E-state index contributed by atoms with van der Waals surface area (Å²) in [5.74, 6) is 0.794. The average Bonchev–Trinajstić information content (AvgIpc) is 2.62. The first-order valence-electron chi connectivity index (χ1n) is 9.70. The van der Waals surface area contributed by atoms with E-state index < -0.39 is 0 Å². The lowest BCUT2D eigenvalue weighted by atomic mass is 9.94. The summed E-state index contributed by atoms with van der Waals surface area (Å²) in [6, 6.07) is 10.2. The van der Waals surface area contributed by atoms with Crippen LogP contribution < -0.4 is 5.32 Å². The molecule has 1 amide bonds. The van der Waals surface area contributed by atoms with Gasteiger partial charge in [0.25, 0.3) is 0 Å². The molecular weight excluding hydrogens is 324 g/mol. The van der Waals surface area contributed by atoms with Crippen molar-refractivity contribution in [3.05, 3.63) is 35.4 Å². The average molecular weight is 357 g/mol. The van der Waals surface area contributed by atoms with E-state index in [9.17, 15) is 10.1 Å². The van der Waals surface area contributed by atoms with Gasteiger partial charge in [0.2, 0.25) is 5.91 Å². The van der Waals surface area contributed by atoms with Gasteiger partial charge in [-0.05, 0) is 70.4 Å². The molecule has 5 heteroatoms. The molecule has 0 spiro atoms. The number of nitrogens with one attached hydrogen (secondary N) is 1. The van der Waals surface area contributed by atoms with Crippen LogP contribution in [-0.2, 0) is 11.3 Å². The first-order valence-corrected chi connectivity index (χ1v) is 9.70. The highest BCUT2D eigenvalue weighted by molar-refractivity contribution is 5.75. The number of piperidine rings is 1. The quantitative estimate of drug-likeness (QED) is 0.739. The van der Waals surface area contributed by atoms with Crippen LogP contribution in [0, 0.1) is 17.2 Å². The summed E-state index contributed by atoms with van der Waals surface area (Å²) in [4.78, 5) is 16.4. The van der Waals surface area contributed by atoms with Crippen molar-refractivity contribution in [3.63, 3.8) is 0 Å². The number of amides is 1. The topological polar surface area (TPSA) is 59.4 Å². The summed E-state index contributed by atoms with van der Waals surface area (Å²) >= 11 is 0. The van der Waals surface area contributed by atoms with Gasteiger partial charge in [0.05, 0.1) is 11.6 Å². The Bertz CT molecular complexity index is 608. The van der Waals surface area contributed by atoms with Gasteiger partial charge in [-0.2, -0.15) is 5.26 Å². The molecular formula is C21H32N4O. The number of carbonyl (C=O) groups is 1. The van der Waals surface area contributed by atoms with E-state index in [2.05, 4.69) is 27.3 Å². The summed E-state index contributed by atoms with van der Waals surface area (Å²) in [6.45, 7) is 4.71. The van der Waals surface area contributed by atoms with Gasteiger partial charge in [0, 0.05) is 26.1 Å². The Morgan fingerprint density at radius 2 is 2.19 bits per heavy atom. The van der Waals surface area contributed by atoms with E-state index >= 15 is 0 Å². The van der Waals surface area contributed by atoms with E-state index in [4.69, 9.17) is 0 Å². The Labute approximate surface area is 158 Å². The van der Waals surface area contributed by atoms with E-state index in [1.807, 2.05) is 32.3 Å². The summed E-state index contributed by atoms with van der Waals surface area (Å²) in [7, 11) is 4.06. The van der Waals surface area contributed by atoms with Gasteiger partial charge in [-0.3, -0.25) is 9.69 Å². The molecule has 1 unspecified atom stereocenters. The van der Waals surface area contributed by atoms with Crippen LogP contribution in [0.3, 0.4) is 0 Å². The molecule has 5 nitrogen and oxygen atoms in total. The number of hydrogen-bond donors (Lipinski definition) is 1. The molecule has 1 aromatic rings. The molecule has 0 aliphatic carbocycles. The maximum absolute atomic E-state index is 11.9. The second-order valence-electron chi connectivity index (χ2n) is 7.56. The van der Waals surface area contributed by atoms with Gasteiger partial charge in [-0.25, -0.2) is 0 Å². The van der Waals surface area contributed by atoms with Crippen molar-refractivity contribution in [2.24, 2.45) is 5.92 Å². The molecule has 1 N–H and O–H groups in total. The number of benzene rings is 1. The Kier molecular flexibility index (Phi) is 8.60. The normalized spacial score (nSPS) is 17.8. The van der Waals surface area contributed by atoms with Crippen molar-refractivity contribution in [1.29, 1.82) is 5.26 Å². The van der Waals surface area contributed by atoms with Crippen LogP contribution in [-0.4, -0.2) is 56.0 Å². The SMILES string of the molecule is CN(C)CCCC(=O)NCCC1CCCN(Cc2ccccc2C#N)C1. The summed E-state index contributed by atoms with van der Waals surface area (Å²) in [5.41, 5.74) is 1.89. The molecule has 142 valence electrons. The zero-order valence-electron chi connectivity index (χ0n) is 16.2. The number of rotatable bonds is 9. The molecule has 1 fully saturated rings. The highest BCUT2D eigenvalue weighted by Gasteiger charge is 2.20. The standard InChI is InChI=1S/C21H32N4O/c1-24(2)13-6-10-21(26)23-12-11-18-7-5-14-25(16-18)17-20-9-4-3-8-19(20)15-22/h3-4,8-9,18H,5-7,10-14,16-17H2,1-2H3,(H,23,26). The van der Waals surface area contributed by atoms with E-state index in [0.29, 0.717) is 12.3 Å². The van der Waals surface area contributed by atoms with E-state index in [0.717, 1.165) is 56.7 Å². The van der Waals surface area contributed by atoms with Crippen LogP contribution in [0.4, 0.5) is 0 Å².